The van der Waals surface area contributed by atoms with E-state index in [-0.39, 0.29) is 0 Å². The summed E-state index contributed by atoms with van der Waals surface area (Å²) in [5, 5.41) is 3.35. The second kappa shape index (κ2) is 12.6. The first-order valence-electron chi connectivity index (χ1n) is 7.86. The monoisotopic (exact) mass is 295 g/mol. The van der Waals surface area contributed by atoms with Gasteiger partial charge in [0.05, 0.1) is 26.4 Å². The molecule has 0 aliphatic rings. The van der Waals surface area contributed by atoms with Crippen LogP contribution >= 0.6 is 0 Å². The second-order valence-electron chi connectivity index (χ2n) is 4.98. The predicted molar refractivity (Wildman–Crippen MR) is 85.9 cm³/mol. The molecule has 0 amide bonds. The van der Waals surface area contributed by atoms with Crippen LogP contribution in [0.2, 0.25) is 0 Å². The van der Waals surface area contributed by atoms with Gasteiger partial charge in [-0.1, -0.05) is 31.9 Å². The summed E-state index contributed by atoms with van der Waals surface area (Å²) >= 11 is 0. The Morgan fingerprint density at radius 2 is 1.76 bits per heavy atom. The van der Waals surface area contributed by atoms with Crippen LogP contribution in [-0.2, 0) is 16.0 Å². The van der Waals surface area contributed by atoms with Gasteiger partial charge in [-0.15, -0.1) is 0 Å². The molecule has 0 radical (unpaired) electrons. The molecule has 0 spiro atoms. The molecule has 1 N–H and O–H groups in total. The van der Waals surface area contributed by atoms with Crippen LogP contribution in [0.1, 0.15) is 31.7 Å². The molecular weight excluding hydrogens is 266 g/mol. The van der Waals surface area contributed by atoms with Crippen molar-refractivity contribution in [3.8, 4) is 5.75 Å². The highest BCUT2D eigenvalue weighted by Gasteiger charge is 1.96. The first-order valence-corrected chi connectivity index (χ1v) is 7.86. The Hall–Kier alpha value is -1.10. The van der Waals surface area contributed by atoms with Crippen molar-refractivity contribution < 1.29 is 14.2 Å². The zero-order chi connectivity index (χ0) is 15.2. The second-order valence-corrected chi connectivity index (χ2v) is 4.98. The van der Waals surface area contributed by atoms with Gasteiger partial charge in [-0.05, 0) is 24.1 Å². The highest BCUT2D eigenvalue weighted by Crippen LogP contribution is 2.12. The first kappa shape index (κ1) is 18.0. The summed E-state index contributed by atoms with van der Waals surface area (Å²) in [5.41, 5.74) is 1.26. The maximum Gasteiger partial charge on any atom is 0.119 e. The van der Waals surface area contributed by atoms with E-state index in [2.05, 4.69) is 24.4 Å². The molecule has 0 bridgehead atoms. The number of nitrogens with one attached hydrogen (secondary N) is 1. The smallest absolute Gasteiger partial charge is 0.119 e. The predicted octanol–water partition coefficient (Wildman–Crippen LogP) is 3.01. The Kier molecular flexibility index (Phi) is 10.8. The maximum atomic E-state index is 5.69. The van der Waals surface area contributed by atoms with E-state index in [4.69, 9.17) is 14.2 Å². The maximum absolute atomic E-state index is 5.69. The van der Waals surface area contributed by atoms with Crippen LogP contribution < -0.4 is 10.1 Å². The normalized spacial score (nSPS) is 10.8. The topological polar surface area (TPSA) is 39.7 Å². The molecule has 0 aromatic heterocycles. The molecule has 4 heteroatoms. The molecule has 1 rings (SSSR count). The Labute approximate surface area is 128 Å². The SMILES string of the molecule is CCCCCOc1ccc(CNCCOCCOC)cc1. The van der Waals surface area contributed by atoms with Gasteiger partial charge in [0.15, 0.2) is 0 Å². The molecule has 0 unspecified atom stereocenters. The van der Waals surface area contributed by atoms with Gasteiger partial charge in [0.2, 0.25) is 0 Å². The molecule has 0 aliphatic heterocycles. The van der Waals surface area contributed by atoms with Gasteiger partial charge in [-0.25, -0.2) is 0 Å². The van der Waals surface area contributed by atoms with E-state index < -0.39 is 0 Å². The van der Waals surface area contributed by atoms with E-state index >= 15 is 0 Å². The van der Waals surface area contributed by atoms with E-state index in [0.717, 1.165) is 31.9 Å². The average Bonchev–Trinajstić information content (AvgIpc) is 2.52. The quantitative estimate of drug-likeness (QED) is 0.568. The third-order valence-electron chi connectivity index (χ3n) is 3.12. The summed E-state index contributed by atoms with van der Waals surface area (Å²) < 4.78 is 16.0. The van der Waals surface area contributed by atoms with E-state index in [0.29, 0.717) is 19.8 Å². The summed E-state index contributed by atoms with van der Waals surface area (Å²) in [6, 6.07) is 8.29. The van der Waals surface area contributed by atoms with Gasteiger partial charge in [0, 0.05) is 20.2 Å². The van der Waals surface area contributed by atoms with Crippen molar-refractivity contribution in [1.29, 1.82) is 0 Å². The number of hydrogen-bond donors (Lipinski definition) is 1. The van der Waals surface area contributed by atoms with Gasteiger partial charge < -0.3 is 19.5 Å². The summed E-state index contributed by atoms with van der Waals surface area (Å²) in [4.78, 5) is 0. The van der Waals surface area contributed by atoms with Crippen LogP contribution in [0.4, 0.5) is 0 Å². The van der Waals surface area contributed by atoms with Crippen LogP contribution in [-0.4, -0.2) is 40.1 Å². The van der Waals surface area contributed by atoms with Crippen molar-refractivity contribution in [3.05, 3.63) is 29.8 Å². The van der Waals surface area contributed by atoms with E-state index in [1.54, 1.807) is 7.11 Å². The van der Waals surface area contributed by atoms with Gasteiger partial charge in [-0.2, -0.15) is 0 Å². The number of ether oxygens (including phenoxy) is 3. The molecule has 0 heterocycles. The molecule has 1 aromatic carbocycles. The van der Waals surface area contributed by atoms with Crippen LogP contribution in [0.25, 0.3) is 0 Å². The lowest BCUT2D eigenvalue weighted by molar-refractivity contribution is 0.0719. The van der Waals surface area contributed by atoms with E-state index in [1.165, 1.54) is 18.4 Å². The zero-order valence-corrected chi connectivity index (χ0v) is 13.4. The number of rotatable bonds is 13. The summed E-state index contributed by atoms with van der Waals surface area (Å²) in [7, 11) is 1.68. The largest absolute Gasteiger partial charge is 0.494 e. The Morgan fingerprint density at radius 1 is 0.952 bits per heavy atom. The van der Waals surface area contributed by atoms with Crippen molar-refractivity contribution in [1.82, 2.24) is 5.32 Å². The van der Waals surface area contributed by atoms with E-state index in [9.17, 15) is 0 Å². The lowest BCUT2D eigenvalue weighted by Crippen LogP contribution is -2.20. The van der Waals surface area contributed by atoms with Crippen molar-refractivity contribution in [2.24, 2.45) is 0 Å². The van der Waals surface area contributed by atoms with Crippen molar-refractivity contribution in [2.75, 3.05) is 40.1 Å². The average molecular weight is 295 g/mol. The van der Waals surface area contributed by atoms with Gasteiger partial charge in [0.1, 0.15) is 5.75 Å². The molecule has 21 heavy (non-hydrogen) atoms. The van der Waals surface area contributed by atoms with Crippen molar-refractivity contribution >= 4 is 0 Å². The lowest BCUT2D eigenvalue weighted by Gasteiger charge is -2.08. The Balaban J connectivity index is 2.07. The van der Waals surface area contributed by atoms with Crippen LogP contribution in [0.15, 0.2) is 24.3 Å². The van der Waals surface area contributed by atoms with Crippen LogP contribution in [0.3, 0.4) is 0 Å². The summed E-state index contributed by atoms with van der Waals surface area (Å²) in [6.45, 7) is 6.72. The van der Waals surface area contributed by atoms with Gasteiger partial charge in [-0.3, -0.25) is 0 Å². The molecular formula is C17H29NO3. The minimum atomic E-state index is 0.652. The third-order valence-corrected chi connectivity index (χ3v) is 3.12. The third kappa shape index (κ3) is 9.45. The van der Waals surface area contributed by atoms with Crippen LogP contribution in [0.5, 0.6) is 5.75 Å². The minimum Gasteiger partial charge on any atom is -0.494 e. The van der Waals surface area contributed by atoms with Crippen molar-refractivity contribution in [3.63, 3.8) is 0 Å². The summed E-state index contributed by atoms with van der Waals surface area (Å²) in [6.07, 6.45) is 3.58. The lowest BCUT2D eigenvalue weighted by atomic mass is 10.2. The van der Waals surface area contributed by atoms with Gasteiger partial charge in [0.25, 0.3) is 0 Å². The highest BCUT2D eigenvalue weighted by molar-refractivity contribution is 5.27. The standard InChI is InChI=1S/C17H29NO3/c1-3-4-5-11-21-17-8-6-16(7-9-17)15-18-10-12-20-14-13-19-2/h6-9,18H,3-5,10-15H2,1-2H3. The number of methoxy groups -OCH3 is 1. The number of unbranched alkanes of at least 4 members (excludes halogenated alkanes) is 2. The molecule has 0 fully saturated rings. The van der Waals surface area contributed by atoms with E-state index in [1.807, 2.05) is 12.1 Å². The summed E-state index contributed by atoms with van der Waals surface area (Å²) in [5.74, 6) is 0.956. The van der Waals surface area contributed by atoms with Crippen molar-refractivity contribution in [2.45, 2.75) is 32.7 Å². The minimum absolute atomic E-state index is 0.652. The molecule has 0 saturated carbocycles. The number of benzene rings is 1. The van der Waals surface area contributed by atoms with Gasteiger partial charge >= 0.3 is 0 Å². The Bertz CT molecular complexity index is 340. The number of hydrogen-bond acceptors (Lipinski definition) is 4. The fourth-order valence-corrected chi connectivity index (χ4v) is 1.87. The molecule has 0 saturated heterocycles. The zero-order valence-electron chi connectivity index (χ0n) is 13.4. The molecule has 4 nitrogen and oxygen atoms in total. The molecule has 0 aliphatic carbocycles. The highest BCUT2D eigenvalue weighted by atomic mass is 16.5. The molecule has 120 valence electrons. The molecule has 1 aromatic rings. The Morgan fingerprint density at radius 3 is 2.48 bits per heavy atom. The molecule has 0 atom stereocenters. The first-order chi connectivity index (χ1) is 10.4. The van der Waals surface area contributed by atoms with Crippen LogP contribution in [0, 0.1) is 0 Å². The fraction of sp³-hybridized carbons (Fsp3) is 0.647. The fourth-order valence-electron chi connectivity index (χ4n) is 1.87.